The molecule has 1 amide bonds. The molecule has 0 spiro atoms. The molecular formula is C12H17BrN2O2. The molecule has 0 saturated carbocycles. The van der Waals surface area contributed by atoms with Crippen LogP contribution in [0.5, 0.6) is 0 Å². The van der Waals surface area contributed by atoms with Crippen molar-refractivity contribution in [3.05, 3.63) is 22.6 Å². The first kappa shape index (κ1) is 12.6. The molecule has 1 unspecified atom stereocenters. The third-order valence-corrected chi connectivity index (χ3v) is 3.43. The minimum absolute atomic E-state index is 0.0212. The van der Waals surface area contributed by atoms with E-state index in [1.54, 1.807) is 4.90 Å². The number of likely N-dealkylation sites (N-methyl/N-ethyl adjacent to an activating group) is 1. The molecule has 5 heteroatoms. The Labute approximate surface area is 109 Å². The maximum atomic E-state index is 12.1. The summed E-state index contributed by atoms with van der Waals surface area (Å²) in [5.74, 6) is 0.945. The Morgan fingerprint density at radius 1 is 1.59 bits per heavy atom. The van der Waals surface area contributed by atoms with Gasteiger partial charge in [-0.3, -0.25) is 4.79 Å². The van der Waals surface area contributed by atoms with E-state index in [1.807, 2.05) is 19.2 Å². The molecule has 2 heterocycles. The normalized spacial score (nSPS) is 20.2. The molecule has 1 aromatic heterocycles. The molecule has 0 aromatic carbocycles. The van der Waals surface area contributed by atoms with E-state index in [0.29, 0.717) is 11.2 Å². The van der Waals surface area contributed by atoms with Crippen LogP contribution in [0.2, 0.25) is 0 Å². The SMILES string of the molecule is CN(Cc1ccc(Br)o1)C(=O)C1CCCCN1. The van der Waals surface area contributed by atoms with Crippen LogP contribution in [0.25, 0.3) is 0 Å². The molecule has 0 bridgehead atoms. The van der Waals surface area contributed by atoms with E-state index in [9.17, 15) is 4.79 Å². The van der Waals surface area contributed by atoms with Crippen molar-refractivity contribution < 1.29 is 9.21 Å². The lowest BCUT2D eigenvalue weighted by Gasteiger charge is -2.26. The summed E-state index contributed by atoms with van der Waals surface area (Å²) in [5.41, 5.74) is 0. The summed E-state index contributed by atoms with van der Waals surface area (Å²) >= 11 is 3.25. The Hall–Kier alpha value is -0.810. The number of furan rings is 1. The van der Waals surface area contributed by atoms with E-state index in [1.165, 1.54) is 6.42 Å². The second-order valence-corrected chi connectivity index (χ2v) is 5.18. The van der Waals surface area contributed by atoms with Crippen molar-refractivity contribution in [2.24, 2.45) is 0 Å². The quantitative estimate of drug-likeness (QED) is 0.930. The summed E-state index contributed by atoms with van der Waals surface area (Å²) in [6, 6.07) is 3.70. The molecule has 0 radical (unpaired) electrons. The van der Waals surface area contributed by atoms with Gasteiger partial charge in [-0.1, -0.05) is 6.42 Å². The third kappa shape index (κ3) is 3.33. The molecule has 0 aliphatic carbocycles. The van der Waals surface area contributed by atoms with Gasteiger partial charge in [-0.15, -0.1) is 0 Å². The standard InChI is InChI=1S/C12H17BrN2O2/c1-15(8-9-5-6-11(13)17-9)12(16)10-4-2-3-7-14-10/h5-6,10,14H,2-4,7-8H2,1H3. The first-order chi connectivity index (χ1) is 8.16. The number of carbonyl (C=O) groups excluding carboxylic acids is 1. The van der Waals surface area contributed by atoms with Crippen LogP contribution in [0.1, 0.15) is 25.0 Å². The van der Waals surface area contributed by atoms with Gasteiger partial charge in [0.2, 0.25) is 5.91 Å². The molecule has 1 aromatic rings. The fourth-order valence-corrected chi connectivity index (χ4v) is 2.42. The second kappa shape index (κ2) is 5.69. The first-order valence-corrected chi connectivity index (χ1v) is 6.68. The van der Waals surface area contributed by atoms with Crippen molar-refractivity contribution in [1.29, 1.82) is 0 Å². The lowest BCUT2D eigenvalue weighted by molar-refractivity contribution is -0.133. The summed E-state index contributed by atoms with van der Waals surface area (Å²) in [6.07, 6.45) is 3.23. The molecule has 1 saturated heterocycles. The largest absolute Gasteiger partial charge is 0.452 e. The Kier molecular flexibility index (Phi) is 4.23. The monoisotopic (exact) mass is 300 g/mol. The number of nitrogens with zero attached hydrogens (tertiary/aromatic N) is 1. The average Bonchev–Trinajstić information content (AvgIpc) is 2.75. The Balaban J connectivity index is 1.90. The van der Waals surface area contributed by atoms with Gasteiger partial charge in [-0.25, -0.2) is 0 Å². The molecule has 4 nitrogen and oxygen atoms in total. The van der Waals surface area contributed by atoms with E-state index in [2.05, 4.69) is 21.2 Å². The number of nitrogens with one attached hydrogen (secondary N) is 1. The Morgan fingerprint density at radius 2 is 2.41 bits per heavy atom. The van der Waals surface area contributed by atoms with Crippen LogP contribution in [0.15, 0.2) is 21.2 Å². The number of amides is 1. The van der Waals surface area contributed by atoms with E-state index in [4.69, 9.17) is 4.42 Å². The van der Waals surface area contributed by atoms with Gasteiger partial charge in [0.15, 0.2) is 4.67 Å². The van der Waals surface area contributed by atoms with Gasteiger partial charge >= 0.3 is 0 Å². The van der Waals surface area contributed by atoms with E-state index >= 15 is 0 Å². The van der Waals surface area contributed by atoms with Crippen molar-refractivity contribution in [3.63, 3.8) is 0 Å². The molecule has 94 valence electrons. The summed E-state index contributed by atoms with van der Waals surface area (Å²) in [6.45, 7) is 1.46. The smallest absolute Gasteiger partial charge is 0.239 e. The van der Waals surface area contributed by atoms with E-state index < -0.39 is 0 Å². The molecule has 17 heavy (non-hydrogen) atoms. The van der Waals surface area contributed by atoms with Crippen molar-refractivity contribution >= 4 is 21.8 Å². The minimum Gasteiger partial charge on any atom is -0.452 e. The lowest BCUT2D eigenvalue weighted by atomic mass is 10.0. The van der Waals surface area contributed by atoms with Crippen LogP contribution in [0, 0.1) is 0 Å². The van der Waals surface area contributed by atoms with Crippen LogP contribution in [-0.2, 0) is 11.3 Å². The topological polar surface area (TPSA) is 45.5 Å². The van der Waals surface area contributed by atoms with Crippen molar-refractivity contribution in [1.82, 2.24) is 10.2 Å². The van der Waals surface area contributed by atoms with Crippen LogP contribution in [0.4, 0.5) is 0 Å². The zero-order valence-electron chi connectivity index (χ0n) is 9.91. The highest BCUT2D eigenvalue weighted by atomic mass is 79.9. The van der Waals surface area contributed by atoms with Gasteiger partial charge in [-0.05, 0) is 47.4 Å². The second-order valence-electron chi connectivity index (χ2n) is 4.40. The molecular weight excluding hydrogens is 284 g/mol. The number of piperidine rings is 1. The number of halogens is 1. The Morgan fingerprint density at radius 3 is 3.00 bits per heavy atom. The predicted octanol–water partition coefficient (Wildman–Crippen LogP) is 2.14. The molecule has 2 rings (SSSR count). The number of hydrogen-bond donors (Lipinski definition) is 1. The molecule has 1 atom stereocenters. The minimum atomic E-state index is -0.0212. The predicted molar refractivity (Wildman–Crippen MR) is 68.5 cm³/mol. The summed E-state index contributed by atoms with van der Waals surface area (Å²) in [5, 5.41) is 3.26. The number of carbonyl (C=O) groups is 1. The first-order valence-electron chi connectivity index (χ1n) is 5.89. The summed E-state index contributed by atoms with van der Waals surface area (Å²) in [4.78, 5) is 13.8. The van der Waals surface area contributed by atoms with Gasteiger partial charge in [0.25, 0.3) is 0 Å². The molecule has 1 aliphatic heterocycles. The van der Waals surface area contributed by atoms with Gasteiger partial charge in [0, 0.05) is 7.05 Å². The third-order valence-electron chi connectivity index (χ3n) is 3.01. The lowest BCUT2D eigenvalue weighted by Crippen LogP contribution is -2.46. The Bertz CT molecular complexity index is 386. The fourth-order valence-electron chi connectivity index (χ4n) is 2.08. The highest BCUT2D eigenvalue weighted by Gasteiger charge is 2.23. The van der Waals surface area contributed by atoms with Gasteiger partial charge < -0.3 is 14.6 Å². The van der Waals surface area contributed by atoms with Crippen LogP contribution < -0.4 is 5.32 Å². The van der Waals surface area contributed by atoms with Crippen LogP contribution >= 0.6 is 15.9 Å². The van der Waals surface area contributed by atoms with Crippen molar-refractivity contribution in [2.45, 2.75) is 31.8 Å². The number of hydrogen-bond acceptors (Lipinski definition) is 3. The van der Waals surface area contributed by atoms with E-state index in [-0.39, 0.29) is 11.9 Å². The van der Waals surface area contributed by atoms with Crippen LogP contribution in [0.3, 0.4) is 0 Å². The van der Waals surface area contributed by atoms with Crippen LogP contribution in [-0.4, -0.2) is 30.4 Å². The van der Waals surface area contributed by atoms with Crippen molar-refractivity contribution in [3.8, 4) is 0 Å². The number of rotatable bonds is 3. The van der Waals surface area contributed by atoms with Gasteiger partial charge in [-0.2, -0.15) is 0 Å². The molecule has 1 fully saturated rings. The molecule has 1 N–H and O–H groups in total. The zero-order valence-corrected chi connectivity index (χ0v) is 11.5. The maximum Gasteiger partial charge on any atom is 0.239 e. The zero-order chi connectivity index (χ0) is 12.3. The van der Waals surface area contributed by atoms with E-state index in [0.717, 1.165) is 25.1 Å². The average molecular weight is 301 g/mol. The highest BCUT2D eigenvalue weighted by Crippen LogP contribution is 2.16. The molecule has 1 aliphatic rings. The van der Waals surface area contributed by atoms with Gasteiger partial charge in [0.1, 0.15) is 5.76 Å². The highest BCUT2D eigenvalue weighted by molar-refractivity contribution is 9.10. The van der Waals surface area contributed by atoms with Crippen molar-refractivity contribution in [2.75, 3.05) is 13.6 Å². The fraction of sp³-hybridized carbons (Fsp3) is 0.583. The maximum absolute atomic E-state index is 12.1. The summed E-state index contributed by atoms with van der Waals surface area (Å²) in [7, 11) is 1.81. The van der Waals surface area contributed by atoms with Gasteiger partial charge in [0.05, 0.1) is 12.6 Å². The summed E-state index contributed by atoms with van der Waals surface area (Å²) < 4.78 is 6.09.